The standard InChI is InChI=1S/C11H17FN2OS/c1-8(14-16(15)11(2,3)4)9-6-5-7-10(12)13-9/h5-8,14H,1-4H3. The Labute approximate surface area is 98.8 Å². The van der Waals surface area contributed by atoms with Gasteiger partial charge >= 0.3 is 0 Å². The van der Waals surface area contributed by atoms with Crippen LogP contribution in [0.3, 0.4) is 0 Å². The third kappa shape index (κ3) is 3.73. The Bertz CT molecular complexity index is 354. The summed E-state index contributed by atoms with van der Waals surface area (Å²) in [5, 5.41) is 0. The van der Waals surface area contributed by atoms with E-state index in [0.29, 0.717) is 5.69 Å². The van der Waals surface area contributed by atoms with Gasteiger partial charge in [0.15, 0.2) is 0 Å². The van der Waals surface area contributed by atoms with Crippen molar-refractivity contribution in [1.29, 1.82) is 0 Å². The van der Waals surface area contributed by atoms with Gasteiger partial charge in [0, 0.05) is 11.4 Å². The van der Waals surface area contributed by atoms with Gasteiger partial charge in [0.05, 0.1) is 11.7 Å². The highest BCUT2D eigenvalue weighted by atomic mass is 32.2. The molecule has 0 saturated carbocycles. The predicted octanol–water partition coefficient (Wildman–Crippen LogP) is 2.33. The lowest BCUT2D eigenvalue weighted by atomic mass is 10.2. The van der Waals surface area contributed by atoms with Crippen molar-refractivity contribution in [2.75, 3.05) is 0 Å². The highest BCUT2D eigenvalue weighted by Gasteiger charge is 2.28. The first-order chi connectivity index (χ1) is 7.30. The Balaban J connectivity index is 2.69. The Morgan fingerprint density at radius 2 is 2.06 bits per heavy atom. The Morgan fingerprint density at radius 3 is 2.56 bits per heavy atom. The first kappa shape index (κ1) is 13.4. The van der Waals surface area contributed by atoms with Gasteiger partial charge in [0.25, 0.3) is 0 Å². The van der Waals surface area contributed by atoms with Crippen molar-refractivity contribution >= 4 is 11.4 Å². The molecule has 0 aliphatic heterocycles. The molecule has 0 bridgehead atoms. The van der Waals surface area contributed by atoms with E-state index >= 15 is 0 Å². The molecule has 0 amide bonds. The van der Waals surface area contributed by atoms with Crippen molar-refractivity contribution in [3.05, 3.63) is 29.8 Å². The molecule has 0 fully saturated rings. The van der Waals surface area contributed by atoms with Crippen LogP contribution in [0.2, 0.25) is 0 Å². The molecule has 1 aromatic rings. The van der Waals surface area contributed by atoms with Gasteiger partial charge < -0.3 is 4.55 Å². The molecule has 0 saturated heterocycles. The number of hydrogen-bond donors (Lipinski definition) is 1. The van der Waals surface area contributed by atoms with Gasteiger partial charge in [-0.15, -0.1) is 4.72 Å². The van der Waals surface area contributed by atoms with Gasteiger partial charge in [-0.2, -0.15) is 4.39 Å². The van der Waals surface area contributed by atoms with Gasteiger partial charge in [-0.25, -0.2) is 4.98 Å². The number of aromatic nitrogens is 1. The zero-order valence-corrected chi connectivity index (χ0v) is 10.8. The van der Waals surface area contributed by atoms with Crippen LogP contribution >= 0.6 is 0 Å². The molecular formula is C11H17FN2OS. The fourth-order valence-corrected chi connectivity index (χ4v) is 1.86. The molecule has 0 aromatic carbocycles. The average molecular weight is 244 g/mol. The fourth-order valence-electron chi connectivity index (χ4n) is 1.06. The minimum Gasteiger partial charge on any atom is -0.598 e. The summed E-state index contributed by atoms with van der Waals surface area (Å²) in [4.78, 5) is 3.74. The van der Waals surface area contributed by atoms with E-state index in [9.17, 15) is 8.94 Å². The highest BCUT2D eigenvalue weighted by molar-refractivity contribution is 7.90. The summed E-state index contributed by atoms with van der Waals surface area (Å²) in [6, 6.07) is 4.35. The number of nitrogens with zero attached hydrogens (tertiary/aromatic N) is 1. The van der Waals surface area contributed by atoms with E-state index in [1.54, 1.807) is 12.1 Å². The molecule has 0 radical (unpaired) electrons. The molecule has 0 spiro atoms. The van der Waals surface area contributed by atoms with Crippen LogP contribution in [-0.4, -0.2) is 14.3 Å². The SMILES string of the molecule is CC(N[S+]([O-])C(C)(C)C)c1cccc(F)n1. The van der Waals surface area contributed by atoms with Crippen LogP contribution in [0.5, 0.6) is 0 Å². The minimum absolute atomic E-state index is 0.240. The maximum atomic E-state index is 12.9. The third-order valence-electron chi connectivity index (χ3n) is 2.02. The number of nitrogens with one attached hydrogen (secondary N) is 1. The van der Waals surface area contributed by atoms with Crippen molar-refractivity contribution in [3.63, 3.8) is 0 Å². The number of pyridine rings is 1. The van der Waals surface area contributed by atoms with Gasteiger partial charge in [-0.3, -0.25) is 0 Å². The highest BCUT2D eigenvalue weighted by Crippen LogP contribution is 2.18. The summed E-state index contributed by atoms with van der Waals surface area (Å²) >= 11 is -1.19. The zero-order valence-electron chi connectivity index (χ0n) is 9.95. The average Bonchev–Trinajstić information content (AvgIpc) is 2.16. The molecule has 2 atom stereocenters. The van der Waals surface area contributed by atoms with Crippen LogP contribution in [0.4, 0.5) is 4.39 Å². The quantitative estimate of drug-likeness (QED) is 0.655. The number of rotatable bonds is 3. The monoisotopic (exact) mass is 244 g/mol. The topological polar surface area (TPSA) is 48.0 Å². The van der Waals surface area contributed by atoms with Crippen LogP contribution in [0.1, 0.15) is 39.4 Å². The van der Waals surface area contributed by atoms with Crippen LogP contribution in [0, 0.1) is 5.95 Å². The molecule has 90 valence electrons. The van der Waals surface area contributed by atoms with Crippen LogP contribution < -0.4 is 4.72 Å². The molecule has 1 aromatic heterocycles. The summed E-state index contributed by atoms with van der Waals surface area (Å²) in [7, 11) is 0. The van der Waals surface area contributed by atoms with E-state index in [1.807, 2.05) is 27.7 Å². The fraction of sp³-hybridized carbons (Fsp3) is 0.545. The summed E-state index contributed by atoms with van der Waals surface area (Å²) in [6.07, 6.45) is 0. The van der Waals surface area contributed by atoms with E-state index in [-0.39, 0.29) is 10.8 Å². The second-order valence-corrected chi connectivity index (χ2v) is 6.60. The Morgan fingerprint density at radius 1 is 1.44 bits per heavy atom. The second-order valence-electron chi connectivity index (χ2n) is 4.61. The van der Waals surface area contributed by atoms with Crippen molar-refractivity contribution < 1.29 is 8.94 Å². The first-order valence-corrected chi connectivity index (χ1v) is 6.26. The molecule has 2 unspecified atom stereocenters. The lowest BCUT2D eigenvalue weighted by Crippen LogP contribution is -2.40. The number of halogens is 1. The van der Waals surface area contributed by atoms with E-state index in [2.05, 4.69) is 9.71 Å². The Hall–Kier alpha value is -0.650. The summed E-state index contributed by atoms with van der Waals surface area (Å²) in [5.74, 6) is -0.521. The maximum absolute atomic E-state index is 12.9. The zero-order chi connectivity index (χ0) is 12.3. The molecule has 0 aliphatic carbocycles. The van der Waals surface area contributed by atoms with Crippen LogP contribution in [0.15, 0.2) is 18.2 Å². The van der Waals surface area contributed by atoms with Crippen LogP contribution in [-0.2, 0) is 11.4 Å². The molecule has 1 rings (SSSR count). The van der Waals surface area contributed by atoms with Crippen LogP contribution in [0.25, 0.3) is 0 Å². The van der Waals surface area contributed by atoms with E-state index in [0.717, 1.165) is 0 Å². The number of hydrogen-bond acceptors (Lipinski definition) is 3. The molecule has 0 aliphatic rings. The van der Waals surface area contributed by atoms with Crippen molar-refractivity contribution in [2.45, 2.75) is 38.5 Å². The van der Waals surface area contributed by atoms with Gasteiger partial charge in [-0.1, -0.05) is 6.07 Å². The van der Waals surface area contributed by atoms with Crippen molar-refractivity contribution in [1.82, 2.24) is 9.71 Å². The van der Waals surface area contributed by atoms with Gasteiger partial charge in [0.2, 0.25) is 5.95 Å². The van der Waals surface area contributed by atoms with Gasteiger partial charge in [0.1, 0.15) is 4.75 Å². The van der Waals surface area contributed by atoms with Gasteiger partial charge in [-0.05, 0) is 39.8 Å². The second kappa shape index (κ2) is 5.12. The summed E-state index contributed by atoms with van der Waals surface area (Å²) < 4.78 is 27.3. The molecule has 1 N–H and O–H groups in total. The molecule has 3 nitrogen and oxygen atoms in total. The van der Waals surface area contributed by atoms with E-state index in [4.69, 9.17) is 0 Å². The maximum Gasteiger partial charge on any atom is 0.213 e. The van der Waals surface area contributed by atoms with E-state index < -0.39 is 17.3 Å². The summed E-state index contributed by atoms with van der Waals surface area (Å²) in [6.45, 7) is 7.44. The molecule has 1 heterocycles. The van der Waals surface area contributed by atoms with Crippen molar-refractivity contribution in [3.8, 4) is 0 Å². The lowest BCUT2D eigenvalue weighted by Gasteiger charge is -2.26. The largest absolute Gasteiger partial charge is 0.598 e. The molecule has 5 heteroatoms. The van der Waals surface area contributed by atoms with Crippen molar-refractivity contribution in [2.24, 2.45) is 0 Å². The lowest BCUT2D eigenvalue weighted by molar-refractivity contribution is 0.522. The third-order valence-corrected chi connectivity index (χ3v) is 3.70. The Kier molecular flexibility index (Phi) is 4.29. The predicted molar refractivity (Wildman–Crippen MR) is 63.6 cm³/mol. The summed E-state index contributed by atoms with van der Waals surface area (Å²) in [5.41, 5.74) is 0.553. The molecular weight excluding hydrogens is 227 g/mol. The minimum atomic E-state index is -1.19. The van der Waals surface area contributed by atoms with E-state index in [1.165, 1.54) is 6.07 Å². The molecule has 16 heavy (non-hydrogen) atoms. The normalized spacial score (nSPS) is 15.9. The smallest absolute Gasteiger partial charge is 0.213 e. The first-order valence-electron chi connectivity index (χ1n) is 5.11.